The fraction of sp³-hybridized carbons (Fsp3) is 0.0357. The van der Waals surface area contributed by atoms with Crippen molar-refractivity contribution in [2.45, 2.75) is 10.8 Å². The Balaban J connectivity index is 1.08. The van der Waals surface area contributed by atoms with Gasteiger partial charge in [-0.1, -0.05) is 182 Å². The average molecular weight is 739 g/mol. The highest BCUT2D eigenvalue weighted by atomic mass is 15.2. The van der Waals surface area contributed by atoms with Crippen molar-refractivity contribution in [3.63, 3.8) is 0 Å². The van der Waals surface area contributed by atoms with Gasteiger partial charge in [0.05, 0.1) is 33.6 Å². The normalized spacial score (nSPS) is 14.8. The van der Waals surface area contributed by atoms with Crippen LogP contribution in [0.5, 0.6) is 0 Å². The van der Waals surface area contributed by atoms with Crippen LogP contribution in [0.15, 0.2) is 231 Å². The molecule has 2 heteroatoms. The van der Waals surface area contributed by atoms with Crippen LogP contribution in [-0.2, 0) is 10.8 Å². The average Bonchev–Trinajstić information content (AvgIpc) is 3.60. The largest absolute Gasteiger partial charge is 0.310 e. The van der Waals surface area contributed by atoms with Crippen LogP contribution in [-0.4, -0.2) is 0 Å². The van der Waals surface area contributed by atoms with E-state index in [-0.39, 0.29) is 0 Å². The predicted molar refractivity (Wildman–Crippen MR) is 239 cm³/mol. The van der Waals surface area contributed by atoms with Gasteiger partial charge >= 0.3 is 0 Å². The third-order valence-electron chi connectivity index (χ3n) is 12.9. The summed E-state index contributed by atoms with van der Waals surface area (Å²) < 4.78 is 0. The number of hydrogen-bond acceptors (Lipinski definition) is 2. The molecule has 2 nitrogen and oxygen atoms in total. The molecule has 0 bridgehead atoms. The van der Waals surface area contributed by atoms with Crippen LogP contribution in [0.2, 0.25) is 0 Å². The summed E-state index contributed by atoms with van der Waals surface area (Å²) in [7, 11) is 0. The second-order valence-corrected chi connectivity index (χ2v) is 15.6. The van der Waals surface area contributed by atoms with Crippen molar-refractivity contribution in [3.05, 3.63) is 275 Å². The molecule has 0 saturated carbocycles. The SMILES string of the molecule is c1ccc(N2c3ccccc3C(c3ccccc3)(c3ccc(N4c5ccccc5C5(c6ccccc6-c6ccccc65)c5ccccc54)cc3)c3ccccc32)cc1. The van der Waals surface area contributed by atoms with Crippen molar-refractivity contribution in [2.24, 2.45) is 0 Å². The van der Waals surface area contributed by atoms with E-state index < -0.39 is 10.8 Å². The fourth-order valence-electron chi connectivity index (χ4n) is 10.8. The van der Waals surface area contributed by atoms with Gasteiger partial charge in [-0.3, -0.25) is 0 Å². The lowest BCUT2D eigenvalue weighted by Gasteiger charge is -2.47. The summed E-state index contributed by atoms with van der Waals surface area (Å²) in [5.74, 6) is 0. The van der Waals surface area contributed by atoms with Crippen LogP contribution in [0, 0.1) is 0 Å². The summed E-state index contributed by atoms with van der Waals surface area (Å²) in [5, 5.41) is 0. The summed E-state index contributed by atoms with van der Waals surface area (Å²) in [4.78, 5) is 4.91. The minimum Gasteiger partial charge on any atom is -0.310 e. The highest BCUT2D eigenvalue weighted by Gasteiger charge is 2.52. The number of hydrogen-bond donors (Lipinski definition) is 0. The van der Waals surface area contributed by atoms with E-state index in [1.165, 1.54) is 78.4 Å². The van der Waals surface area contributed by atoms with Gasteiger partial charge < -0.3 is 9.80 Å². The van der Waals surface area contributed by atoms with Crippen LogP contribution in [0.25, 0.3) is 11.1 Å². The number of fused-ring (bicyclic) bond motifs is 11. The molecular weight excluding hydrogens is 701 g/mol. The van der Waals surface area contributed by atoms with E-state index in [0.717, 1.165) is 11.4 Å². The highest BCUT2D eigenvalue weighted by molar-refractivity contribution is 5.96. The van der Waals surface area contributed by atoms with E-state index in [9.17, 15) is 0 Å². The number of rotatable bonds is 4. The van der Waals surface area contributed by atoms with E-state index in [1.807, 2.05) is 0 Å². The molecule has 1 aliphatic carbocycles. The van der Waals surface area contributed by atoms with E-state index >= 15 is 0 Å². The first-order valence-electron chi connectivity index (χ1n) is 20.2. The zero-order valence-electron chi connectivity index (χ0n) is 31.8. The monoisotopic (exact) mass is 738 g/mol. The molecular formula is C56H38N2. The minimum atomic E-state index is -0.572. The number of benzene rings is 9. The molecule has 12 rings (SSSR count). The summed E-state index contributed by atoms with van der Waals surface area (Å²) in [6, 6.07) is 85.3. The number of para-hydroxylation sites is 5. The van der Waals surface area contributed by atoms with Crippen molar-refractivity contribution < 1.29 is 0 Å². The smallest absolute Gasteiger partial charge is 0.0754 e. The van der Waals surface area contributed by atoms with E-state index in [0.29, 0.717) is 0 Å². The second-order valence-electron chi connectivity index (χ2n) is 15.6. The molecule has 58 heavy (non-hydrogen) atoms. The quantitative estimate of drug-likeness (QED) is 0.177. The second kappa shape index (κ2) is 12.5. The van der Waals surface area contributed by atoms with Crippen LogP contribution >= 0.6 is 0 Å². The van der Waals surface area contributed by atoms with Gasteiger partial charge in [0.15, 0.2) is 0 Å². The molecule has 0 N–H and O–H groups in total. The molecule has 0 aromatic heterocycles. The Morgan fingerprint density at radius 3 is 0.983 bits per heavy atom. The van der Waals surface area contributed by atoms with Crippen molar-refractivity contribution in [1.29, 1.82) is 0 Å². The van der Waals surface area contributed by atoms with Gasteiger partial charge in [-0.15, -0.1) is 0 Å². The van der Waals surface area contributed by atoms with E-state index in [1.54, 1.807) is 0 Å². The lowest BCUT2D eigenvalue weighted by Crippen LogP contribution is -2.38. The Hall–Kier alpha value is -7.42. The Kier molecular flexibility index (Phi) is 7.09. The zero-order chi connectivity index (χ0) is 38.3. The van der Waals surface area contributed by atoms with Crippen molar-refractivity contribution in [2.75, 3.05) is 9.80 Å². The molecule has 9 aromatic rings. The topological polar surface area (TPSA) is 6.48 Å². The van der Waals surface area contributed by atoms with Gasteiger partial charge in [0.25, 0.3) is 0 Å². The van der Waals surface area contributed by atoms with Crippen molar-refractivity contribution >= 4 is 34.1 Å². The molecule has 2 aliphatic heterocycles. The number of nitrogens with zero attached hydrogens (tertiary/aromatic N) is 2. The summed E-state index contributed by atoms with van der Waals surface area (Å²) in [6.45, 7) is 0. The highest BCUT2D eigenvalue weighted by Crippen LogP contribution is 2.64. The van der Waals surface area contributed by atoms with Crippen LogP contribution < -0.4 is 9.80 Å². The van der Waals surface area contributed by atoms with Crippen LogP contribution in [0.1, 0.15) is 44.5 Å². The van der Waals surface area contributed by atoms with Crippen molar-refractivity contribution in [1.82, 2.24) is 0 Å². The van der Waals surface area contributed by atoms with Crippen molar-refractivity contribution in [3.8, 4) is 11.1 Å². The molecule has 0 unspecified atom stereocenters. The maximum absolute atomic E-state index is 2.48. The van der Waals surface area contributed by atoms with E-state index in [4.69, 9.17) is 0 Å². The first kappa shape index (κ1) is 32.8. The Morgan fingerprint density at radius 1 is 0.224 bits per heavy atom. The van der Waals surface area contributed by atoms with Gasteiger partial charge in [-0.05, 0) is 104 Å². The Labute approximate surface area is 339 Å². The zero-order valence-corrected chi connectivity index (χ0v) is 31.8. The molecule has 1 spiro atoms. The third kappa shape index (κ3) is 4.27. The van der Waals surface area contributed by atoms with Crippen LogP contribution in [0.3, 0.4) is 0 Å². The fourth-order valence-corrected chi connectivity index (χ4v) is 10.8. The van der Waals surface area contributed by atoms with Gasteiger partial charge in [-0.25, -0.2) is 0 Å². The molecule has 9 aromatic carbocycles. The van der Waals surface area contributed by atoms with Gasteiger partial charge in [0, 0.05) is 11.4 Å². The van der Waals surface area contributed by atoms with E-state index in [2.05, 4.69) is 240 Å². The van der Waals surface area contributed by atoms with Gasteiger partial charge in [0.1, 0.15) is 0 Å². The molecule has 0 radical (unpaired) electrons. The lowest BCUT2D eigenvalue weighted by atomic mass is 9.62. The molecule has 0 atom stereocenters. The molecule has 272 valence electrons. The predicted octanol–water partition coefficient (Wildman–Crippen LogP) is 14.0. The first-order valence-corrected chi connectivity index (χ1v) is 20.2. The maximum atomic E-state index is 2.48. The maximum Gasteiger partial charge on any atom is 0.0754 e. The first-order chi connectivity index (χ1) is 28.8. The van der Waals surface area contributed by atoms with Gasteiger partial charge in [-0.2, -0.15) is 0 Å². The molecule has 0 saturated heterocycles. The summed E-state index contributed by atoms with van der Waals surface area (Å²) >= 11 is 0. The summed E-state index contributed by atoms with van der Waals surface area (Å²) in [6.07, 6.45) is 0. The minimum absolute atomic E-state index is 0.436. The lowest BCUT2D eigenvalue weighted by molar-refractivity contribution is 0.731. The standard InChI is InChI=1S/C56H38N2/c1-3-19-39(20-4-1)55(47-27-11-15-31-51(47)57(41-21-5-2-6-22-41)52-32-16-12-28-48(52)55)40-35-37-42(38-36-40)58-53-33-17-13-29-49(53)56(50-30-14-18-34-54(50)58)45-25-9-7-23-43(45)44-24-8-10-26-46(44)56/h1-38H. The molecule has 3 aliphatic rings. The van der Waals surface area contributed by atoms with Crippen LogP contribution in [0.4, 0.5) is 34.1 Å². The number of anilines is 6. The summed E-state index contributed by atoms with van der Waals surface area (Å²) in [5.41, 5.74) is 18.9. The third-order valence-corrected chi connectivity index (χ3v) is 12.9. The molecule has 0 fully saturated rings. The Bertz CT molecular complexity index is 2880. The molecule has 2 heterocycles. The molecule has 0 amide bonds. The Morgan fingerprint density at radius 2 is 0.534 bits per heavy atom. The van der Waals surface area contributed by atoms with Gasteiger partial charge in [0.2, 0.25) is 0 Å².